The number of aromatic nitrogens is 2. The SMILES string of the molecule is CNC(=O)CSc1nc2ccc(O)cc2[nH]1. The third kappa shape index (κ3) is 2.27. The van der Waals surface area contributed by atoms with Crippen LogP contribution >= 0.6 is 11.8 Å². The Balaban J connectivity index is 2.16. The number of imidazole rings is 1. The summed E-state index contributed by atoms with van der Waals surface area (Å²) in [7, 11) is 1.60. The molecule has 0 radical (unpaired) electrons. The molecule has 3 N–H and O–H groups in total. The van der Waals surface area contributed by atoms with Crippen molar-refractivity contribution in [2.45, 2.75) is 5.16 Å². The van der Waals surface area contributed by atoms with Gasteiger partial charge in [-0.15, -0.1) is 0 Å². The summed E-state index contributed by atoms with van der Waals surface area (Å²) in [4.78, 5) is 18.3. The summed E-state index contributed by atoms with van der Waals surface area (Å²) >= 11 is 1.32. The summed E-state index contributed by atoms with van der Waals surface area (Å²) in [6.45, 7) is 0. The number of nitrogens with zero attached hydrogens (tertiary/aromatic N) is 1. The van der Waals surface area contributed by atoms with Gasteiger partial charge >= 0.3 is 0 Å². The fourth-order valence-electron chi connectivity index (χ4n) is 1.25. The van der Waals surface area contributed by atoms with E-state index < -0.39 is 0 Å². The van der Waals surface area contributed by atoms with Crippen LogP contribution in [0, 0.1) is 0 Å². The lowest BCUT2D eigenvalue weighted by Gasteiger charge is -1.95. The minimum absolute atomic E-state index is 0.0479. The molecule has 2 rings (SSSR count). The molecule has 6 heteroatoms. The molecule has 16 heavy (non-hydrogen) atoms. The normalized spacial score (nSPS) is 10.6. The number of amides is 1. The number of hydrogen-bond acceptors (Lipinski definition) is 4. The predicted octanol–water partition coefficient (Wildman–Crippen LogP) is 1.11. The van der Waals surface area contributed by atoms with E-state index in [1.165, 1.54) is 11.8 Å². The Morgan fingerprint density at radius 2 is 2.44 bits per heavy atom. The molecule has 0 aliphatic heterocycles. The van der Waals surface area contributed by atoms with Crippen LogP contribution in [0.2, 0.25) is 0 Å². The van der Waals surface area contributed by atoms with Crippen molar-refractivity contribution in [3.8, 4) is 5.75 Å². The number of carbonyl (C=O) groups is 1. The van der Waals surface area contributed by atoms with Gasteiger partial charge in [-0.2, -0.15) is 0 Å². The van der Waals surface area contributed by atoms with Gasteiger partial charge in [-0.1, -0.05) is 11.8 Å². The fraction of sp³-hybridized carbons (Fsp3) is 0.200. The second-order valence-corrected chi connectivity index (χ2v) is 4.17. The number of aromatic hydroxyl groups is 1. The van der Waals surface area contributed by atoms with Gasteiger partial charge in [-0.3, -0.25) is 4.79 Å². The van der Waals surface area contributed by atoms with Crippen molar-refractivity contribution in [2.75, 3.05) is 12.8 Å². The molecule has 5 nitrogen and oxygen atoms in total. The number of fused-ring (bicyclic) bond motifs is 1. The first-order valence-corrected chi connectivity index (χ1v) is 5.69. The van der Waals surface area contributed by atoms with E-state index in [2.05, 4.69) is 15.3 Å². The zero-order valence-electron chi connectivity index (χ0n) is 8.65. The molecule has 0 aliphatic carbocycles. The lowest BCUT2D eigenvalue weighted by molar-refractivity contribution is -0.118. The Kier molecular flexibility index (Phi) is 3.00. The average Bonchev–Trinajstić information content (AvgIpc) is 2.67. The molecule has 84 valence electrons. The Morgan fingerprint density at radius 1 is 1.62 bits per heavy atom. The van der Waals surface area contributed by atoms with Gasteiger partial charge < -0.3 is 15.4 Å². The summed E-state index contributed by atoms with van der Waals surface area (Å²) in [5.74, 6) is 0.467. The summed E-state index contributed by atoms with van der Waals surface area (Å²) < 4.78 is 0. The molecule has 1 heterocycles. The topological polar surface area (TPSA) is 78.0 Å². The molecule has 0 unspecified atom stereocenters. The number of benzene rings is 1. The fourth-order valence-corrected chi connectivity index (χ4v) is 2.01. The predicted molar refractivity (Wildman–Crippen MR) is 62.5 cm³/mol. The van der Waals surface area contributed by atoms with Crippen molar-refractivity contribution in [2.24, 2.45) is 0 Å². The van der Waals surface area contributed by atoms with Crippen LogP contribution < -0.4 is 5.32 Å². The van der Waals surface area contributed by atoms with Gasteiger partial charge in [0.05, 0.1) is 16.8 Å². The molecule has 2 aromatic rings. The van der Waals surface area contributed by atoms with Crippen molar-refractivity contribution in [3.63, 3.8) is 0 Å². The minimum atomic E-state index is -0.0479. The highest BCUT2D eigenvalue weighted by Crippen LogP contribution is 2.22. The van der Waals surface area contributed by atoms with Crippen molar-refractivity contribution < 1.29 is 9.90 Å². The van der Waals surface area contributed by atoms with Gasteiger partial charge in [0.1, 0.15) is 5.75 Å². The quantitative estimate of drug-likeness (QED) is 0.699. The lowest BCUT2D eigenvalue weighted by atomic mass is 10.3. The van der Waals surface area contributed by atoms with Crippen LogP contribution in [0.3, 0.4) is 0 Å². The largest absolute Gasteiger partial charge is 0.508 e. The van der Waals surface area contributed by atoms with Crippen molar-refractivity contribution in [1.82, 2.24) is 15.3 Å². The molecular weight excluding hydrogens is 226 g/mol. The first-order valence-electron chi connectivity index (χ1n) is 4.71. The van der Waals surface area contributed by atoms with Crippen LogP contribution in [0.25, 0.3) is 11.0 Å². The van der Waals surface area contributed by atoms with E-state index in [9.17, 15) is 9.90 Å². The molecule has 1 aromatic heterocycles. The third-order valence-corrected chi connectivity index (χ3v) is 2.94. The first kappa shape index (κ1) is 10.8. The van der Waals surface area contributed by atoms with Gasteiger partial charge in [0.15, 0.2) is 5.16 Å². The Labute approximate surface area is 96.3 Å². The maximum Gasteiger partial charge on any atom is 0.230 e. The van der Waals surface area contributed by atoms with Gasteiger partial charge in [0, 0.05) is 13.1 Å². The molecule has 0 bridgehead atoms. The number of nitrogens with one attached hydrogen (secondary N) is 2. The monoisotopic (exact) mass is 237 g/mol. The lowest BCUT2D eigenvalue weighted by Crippen LogP contribution is -2.19. The van der Waals surface area contributed by atoms with E-state index in [-0.39, 0.29) is 11.7 Å². The molecular formula is C10H11N3O2S. The molecule has 1 amide bonds. The van der Waals surface area contributed by atoms with E-state index >= 15 is 0 Å². The molecule has 0 spiro atoms. The maximum absolute atomic E-state index is 11.0. The number of phenols is 1. The first-order chi connectivity index (χ1) is 7.69. The van der Waals surface area contributed by atoms with Crippen LogP contribution in [0.1, 0.15) is 0 Å². The van der Waals surface area contributed by atoms with Crippen molar-refractivity contribution >= 4 is 28.7 Å². The van der Waals surface area contributed by atoms with Gasteiger partial charge in [-0.25, -0.2) is 4.98 Å². The van der Waals surface area contributed by atoms with Gasteiger partial charge in [0.2, 0.25) is 5.91 Å². The standard InChI is InChI=1S/C10H11N3O2S/c1-11-9(15)5-16-10-12-7-3-2-6(14)4-8(7)13-10/h2-4,14H,5H2,1H3,(H,11,15)(H,12,13). The van der Waals surface area contributed by atoms with E-state index in [1.54, 1.807) is 25.2 Å². The highest BCUT2D eigenvalue weighted by molar-refractivity contribution is 7.99. The molecule has 0 fully saturated rings. The number of phenolic OH excluding ortho intramolecular Hbond substituents is 1. The molecule has 0 saturated carbocycles. The molecule has 0 atom stereocenters. The summed E-state index contributed by atoms with van der Waals surface area (Å²) in [5, 5.41) is 12.5. The van der Waals surface area contributed by atoms with Gasteiger partial charge in [0.25, 0.3) is 0 Å². The minimum Gasteiger partial charge on any atom is -0.508 e. The number of carbonyl (C=O) groups excluding carboxylic acids is 1. The van der Waals surface area contributed by atoms with Crippen molar-refractivity contribution in [1.29, 1.82) is 0 Å². The van der Waals surface area contributed by atoms with E-state index in [0.29, 0.717) is 10.9 Å². The van der Waals surface area contributed by atoms with Crippen LogP contribution in [0.4, 0.5) is 0 Å². The summed E-state index contributed by atoms with van der Waals surface area (Å²) in [6.07, 6.45) is 0. The van der Waals surface area contributed by atoms with Crippen molar-refractivity contribution in [3.05, 3.63) is 18.2 Å². The second kappa shape index (κ2) is 4.44. The van der Waals surface area contributed by atoms with Crippen LogP contribution in [-0.4, -0.2) is 33.8 Å². The summed E-state index contributed by atoms with van der Waals surface area (Å²) in [6, 6.07) is 4.91. The highest BCUT2D eigenvalue weighted by Gasteiger charge is 2.06. The Hall–Kier alpha value is -1.69. The number of rotatable bonds is 3. The second-order valence-electron chi connectivity index (χ2n) is 3.21. The van der Waals surface area contributed by atoms with Crippen LogP contribution in [0.5, 0.6) is 5.75 Å². The molecule has 1 aromatic carbocycles. The number of aromatic amines is 1. The zero-order chi connectivity index (χ0) is 11.5. The average molecular weight is 237 g/mol. The van der Waals surface area contributed by atoms with Gasteiger partial charge in [-0.05, 0) is 12.1 Å². The molecule has 0 aliphatic rings. The zero-order valence-corrected chi connectivity index (χ0v) is 9.47. The highest BCUT2D eigenvalue weighted by atomic mass is 32.2. The van der Waals surface area contributed by atoms with Crippen LogP contribution in [-0.2, 0) is 4.79 Å². The van der Waals surface area contributed by atoms with E-state index in [1.807, 2.05) is 0 Å². The van der Waals surface area contributed by atoms with Crippen LogP contribution in [0.15, 0.2) is 23.4 Å². The number of hydrogen-bond donors (Lipinski definition) is 3. The number of H-pyrrole nitrogens is 1. The van der Waals surface area contributed by atoms with E-state index in [0.717, 1.165) is 11.0 Å². The smallest absolute Gasteiger partial charge is 0.230 e. The Bertz CT molecular complexity index is 524. The third-order valence-electron chi connectivity index (χ3n) is 2.06. The Morgan fingerprint density at radius 3 is 3.19 bits per heavy atom. The van der Waals surface area contributed by atoms with E-state index in [4.69, 9.17) is 0 Å². The number of thioether (sulfide) groups is 1. The molecule has 0 saturated heterocycles. The summed E-state index contributed by atoms with van der Waals surface area (Å²) in [5.41, 5.74) is 1.54. The maximum atomic E-state index is 11.0.